The second-order valence-electron chi connectivity index (χ2n) is 5.13. The number of hydrogen-bond donors (Lipinski definition) is 3. The van der Waals surface area contributed by atoms with Crippen LogP contribution in [0.4, 0.5) is 0 Å². The van der Waals surface area contributed by atoms with Crippen molar-refractivity contribution in [3.05, 3.63) is 47.5 Å². The summed E-state index contributed by atoms with van der Waals surface area (Å²) >= 11 is 0. The highest BCUT2D eigenvalue weighted by molar-refractivity contribution is 5.89. The fourth-order valence-electron chi connectivity index (χ4n) is 2.35. The first-order valence-corrected chi connectivity index (χ1v) is 7.12. The van der Waals surface area contributed by atoms with Gasteiger partial charge in [0.2, 0.25) is 5.79 Å². The number of benzene rings is 1. The van der Waals surface area contributed by atoms with Crippen LogP contribution in [0.15, 0.2) is 36.4 Å². The summed E-state index contributed by atoms with van der Waals surface area (Å²) < 4.78 is 11.6. The molecule has 0 aromatic heterocycles. The van der Waals surface area contributed by atoms with E-state index in [1.165, 1.54) is 0 Å². The Morgan fingerprint density at radius 1 is 1.25 bits per heavy atom. The van der Waals surface area contributed by atoms with Crippen LogP contribution in [0, 0.1) is 11.3 Å². The van der Waals surface area contributed by atoms with Gasteiger partial charge in [0.25, 0.3) is 0 Å². The molecule has 0 saturated carbocycles. The minimum atomic E-state index is -1.26. The molecule has 8 heteroatoms. The molecule has 0 radical (unpaired) electrons. The Balaban J connectivity index is 0.000000224. The van der Waals surface area contributed by atoms with Crippen LogP contribution in [0.5, 0.6) is 0 Å². The quantitative estimate of drug-likeness (QED) is 0.680. The molecule has 0 aliphatic carbocycles. The molecule has 2 saturated heterocycles. The molecule has 3 N–H and O–H groups in total. The number of ether oxygens (including phenoxy) is 2. The number of nitrogens with one attached hydrogen (secondary N) is 1. The molecular formula is C16H16N2O6. The first-order chi connectivity index (χ1) is 11.4. The van der Waals surface area contributed by atoms with E-state index < -0.39 is 17.7 Å². The lowest BCUT2D eigenvalue weighted by atomic mass is 10.0. The van der Waals surface area contributed by atoms with Crippen LogP contribution in [-0.2, 0) is 24.8 Å². The van der Waals surface area contributed by atoms with E-state index in [4.69, 9.17) is 24.9 Å². The minimum Gasteiger partial charge on any atom is -0.478 e. The Bertz CT molecular complexity index is 659. The Morgan fingerprint density at radius 3 is 2.42 bits per heavy atom. The molecule has 0 spiro atoms. The summed E-state index contributed by atoms with van der Waals surface area (Å²) in [6.45, 7) is 2.14. The molecular weight excluding hydrogens is 316 g/mol. The average molecular weight is 332 g/mol. The van der Waals surface area contributed by atoms with Gasteiger partial charge in [-0.1, -0.05) is 12.1 Å². The van der Waals surface area contributed by atoms with Crippen molar-refractivity contribution < 1.29 is 29.3 Å². The number of carbonyl (C=O) groups is 2. The van der Waals surface area contributed by atoms with Crippen molar-refractivity contribution in [1.29, 1.82) is 5.26 Å². The Kier molecular flexibility index (Phi) is 5.65. The number of carboxylic acids is 2. The number of fused-ring (bicyclic) bond motifs is 2. The summed E-state index contributed by atoms with van der Waals surface area (Å²) in [6.07, 6.45) is 1.26. The molecule has 2 bridgehead atoms. The van der Waals surface area contributed by atoms with Gasteiger partial charge in [-0.25, -0.2) is 9.59 Å². The third kappa shape index (κ3) is 4.39. The van der Waals surface area contributed by atoms with Crippen molar-refractivity contribution in [3.8, 4) is 6.07 Å². The van der Waals surface area contributed by atoms with E-state index in [2.05, 4.69) is 11.4 Å². The predicted molar refractivity (Wildman–Crippen MR) is 80.9 cm³/mol. The van der Waals surface area contributed by atoms with Crippen molar-refractivity contribution in [3.63, 3.8) is 0 Å². The normalized spacial score (nSPS) is 24.7. The maximum atomic E-state index is 9.55. The highest BCUT2D eigenvalue weighted by Crippen LogP contribution is 2.35. The lowest BCUT2D eigenvalue weighted by Gasteiger charge is -2.32. The second-order valence-corrected chi connectivity index (χ2v) is 5.13. The van der Waals surface area contributed by atoms with Crippen LogP contribution in [-0.4, -0.2) is 48.0 Å². The van der Waals surface area contributed by atoms with E-state index in [0.717, 1.165) is 12.1 Å². The molecule has 2 atom stereocenters. The lowest BCUT2D eigenvalue weighted by molar-refractivity contribution is -0.186. The molecule has 1 aromatic rings. The maximum Gasteiger partial charge on any atom is 0.328 e. The van der Waals surface area contributed by atoms with Crippen molar-refractivity contribution in [1.82, 2.24) is 5.32 Å². The molecule has 2 unspecified atom stereocenters. The van der Waals surface area contributed by atoms with Gasteiger partial charge in [-0.2, -0.15) is 5.26 Å². The van der Waals surface area contributed by atoms with Gasteiger partial charge in [-0.3, -0.25) is 0 Å². The van der Waals surface area contributed by atoms with Gasteiger partial charge in [0, 0.05) is 24.3 Å². The Labute approximate surface area is 137 Å². The zero-order valence-corrected chi connectivity index (χ0v) is 12.6. The van der Waals surface area contributed by atoms with Gasteiger partial charge in [-0.05, 0) is 12.1 Å². The van der Waals surface area contributed by atoms with Gasteiger partial charge < -0.3 is 25.0 Å². The van der Waals surface area contributed by atoms with Crippen LogP contribution in [0.25, 0.3) is 0 Å². The van der Waals surface area contributed by atoms with E-state index in [-0.39, 0.29) is 6.10 Å². The van der Waals surface area contributed by atoms with Crippen molar-refractivity contribution in [2.24, 2.45) is 0 Å². The van der Waals surface area contributed by atoms with E-state index in [1.807, 2.05) is 12.1 Å². The van der Waals surface area contributed by atoms with Gasteiger partial charge in [0.05, 0.1) is 30.9 Å². The van der Waals surface area contributed by atoms with Gasteiger partial charge in [0.1, 0.15) is 0 Å². The first-order valence-electron chi connectivity index (χ1n) is 7.12. The summed E-state index contributed by atoms with van der Waals surface area (Å²) in [5.74, 6) is -3.16. The average Bonchev–Trinajstić information content (AvgIpc) is 2.89. The number of carboxylic acid groups (broad SMARTS) is 2. The highest BCUT2D eigenvalue weighted by Gasteiger charge is 2.45. The van der Waals surface area contributed by atoms with E-state index in [0.29, 0.717) is 30.9 Å². The third-order valence-electron chi connectivity index (χ3n) is 3.41. The molecule has 1 aromatic carbocycles. The summed E-state index contributed by atoms with van der Waals surface area (Å²) in [5.41, 5.74) is 1.62. The molecule has 0 amide bonds. The van der Waals surface area contributed by atoms with E-state index in [1.54, 1.807) is 12.1 Å². The maximum absolute atomic E-state index is 9.55. The number of aliphatic carboxylic acids is 2. The van der Waals surface area contributed by atoms with Crippen molar-refractivity contribution in [2.75, 3.05) is 19.7 Å². The number of nitriles is 1. The smallest absolute Gasteiger partial charge is 0.328 e. The van der Waals surface area contributed by atoms with Crippen LogP contribution in [0.2, 0.25) is 0 Å². The highest BCUT2D eigenvalue weighted by atomic mass is 16.7. The molecule has 2 fully saturated rings. The molecule has 2 aliphatic heterocycles. The van der Waals surface area contributed by atoms with Gasteiger partial charge >= 0.3 is 11.9 Å². The van der Waals surface area contributed by atoms with Crippen molar-refractivity contribution >= 4 is 11.9 Å². The molecule has 8 nitrogen and oxygen atoms in total. The third-order valence-corrected chi connectivity index (χ3v) is 3.41. The zero-order valence-electron chi connectivity index (χ0n) is 12.6. The summed E-state index contributed by atoms with van der Waals surface area (Å²) in [5, 5.41) is 27.7. The molecule has 2 aliphatic rings. The summed E-state index contributed by atoms with van der Waals surface area (Å²) in [6, 6.07) is 9.48. The predicted octanol–water partition coefficient (Wildman–Crippen LogP) is 0.441. The van der Waals surface area contributed by atoms with Crippen LogP contribution in [0.1, 0.15) is 11.1 Å². The monoisotopic (exact) mass is 332 g/mol. The van der Waals surface area contributed by atoms with Gasteiger partial charge in [-0.15, -0.1) is 0 Å². The summed E-state index contributed by atoms with van der Waals surface area (Å²) in [4.78, 5) is 19.1. The fraction of sp³-hybridized carbons (Fsp3) is 0.312. The number of rotatable bonds is 3. The van der Waals surface area contributed by atoms with Gasteiger partial charge in [0.15, 0.2) is 0 Å². The summed E-state index contributed by atoms with van der Waals surface area (Å²) in [7, 11) is 0. The topological polar surface area (TPSA) is 129 Å². The zero-order chi connectivity index (χ0) is 17.6. The van der Waals surface area contributed by atoms with Crippen molar-refractivity contribution in [2.45, 2.75) is 11.9 Å². The van der Waals surface area contributed by atoms with Crippen LogP contribution >= 0.6 is 0 Å². The van der Waals surface area contributed by atoms with Crippen LogP contribution < -0.4 is 5.32 Å². The fourth-order valence-corrected chi connectivity index (χ4v) is 2.35. The number of hydrogen-bond acceptors (Lipinski definition) is 6. The lowest BCUT2D eigenvalue weighted by Crippen LogP contribution is -2.46. The first kappa shape index (κ1) is 17.6. The van der Waals surface area contributed by atoms with E-state index in [9.17, 15) is 9.59 Å². The van der Waals surface area contributed by atoms with Crippen LogP contribution in [0.3, 0.4) is 0 Å². The second kappa shape index (κ2) is 7.70. The SMILES string of the molecule is N#Cc1ccc(C23CNCC(CO2)O3)cc1.O=C(O)C=CC(=O)O. The number of nitrogens with zero attached hydrogens (tertiary/aromatic N) is 1. The number of morpholine rings is 1. The molecule has 24 heavy (non-hydrogen) atoms. The molecule has 2 heterocycles. The molecule has 126 valence electrons. The standard InChI is InChI=1S/C12H12N2O2.C4H4O4/c13-5-9-1-3-10(4-2-9)12-8-14-6-11(16-12)7-15-12;5-3(6)1-2-4(7)8/h1-4,11,14H,6-8H2;1-2H,(H,5,6)(H,7,8). The minimum absolute atomic E-state index is 0.143. The van der Waals surface area contributed by atoms with E-state index >= 15 is 0 Å². The largest absolute Gasteiger partial charge is 0.478 e. The Hall–Kier alpha value is -2.73. The Morgan fingerprint density at radius 2 is 1.88 bits per heavy atom. The molecule has 3 rings (SSSR count).